The van der Waals surface area contributed by atoms with Crippen LogP contribution in [0.1, 0.15) is 26.7 Å². The average Bonchev–Trinajstić information content (AvgIpc) is 1.88. The Hall–Kier alpha value is -0.370. The summed E-state index contributed by atoms with van der Waals surface area (Å²) in [5.74, 6) is 0.478. The van der Waals surface area contributed by atoms with Gasteiger partial charge in [-0.05, 0) is 19.8 Å². The number of ether oxygens (including phenoxy) is 1. The van der Waals surface area contributed by atoms with Crippen LogP contribution in [0.5, 0.6) is 0 Å². The lowest BCUT2D eigenvalue weighted by molar-refractivity contribution is -0.120. The standard InChI is InChI=1S/C8H16O2/c1-7(8(2)9)5-4-6-10-3/h7H,4-6H2,1-3H3. The summed E-state index contributed by atoms with van der Waals surface area (Å²) in [6, 6.07) is 0. The highest BCUT2D eigenvalue weighted by Crippen LogP contribution is 2.05. The first-order chi connectivity index (χ1) is 4.68. The predicted octanol–water partition coefficient (Wildman–Crippen LogP) is 1.64. The smallest absolute Gasteiger partial charge is 0.132 e. The molecule has 0 rings (SSSR count). The molecule has 0 aliphatic rings. The van der Waals surface area contributed by atoms with Crippen molar-refractivity contribution in [2.75, 3.05) is 13.7 Å². The summed E-state index contributed by atoms with van der Waals surface area (Å²) in [6.45, 7) is 4.35. The van der Waals surface area contributed by atoms with Gasteiger partial charge in [0.25, 0.3) is 0 Å². The molecule has 0 aromatic carbocycles. The van der Waals surface area contributed by atoms with Crippen LogP contribution < -0.4 is 0 Å². The fourth-order valence-electron chi connectivity index (χ4n) is 0.737. The Morgan fingerprint density at radius 1 is 1.60 bits per heavy atom. The Kier molecular flexibility index (Phi) is 5.22. The Bertz CT molecular complexity index is 99.4. The van der Waals surface area contributed by atoms with Crippen LogP contribution >= 0.6 is 0 Å². The van der Waals surface area contributed by atoms with Crippen molar-refractivity contribution in [3.05, 3.63) is 0 Å². The van der Waals surface area contributed by atoms with Gasteiger partial charge in [0.05, 0.1) is 0 Å². The average molecular weight is 144 g/mol. The lowest BCUT2D eigenvalue weighted by atomic mass is 10.0. The Balaban J connectivity index is 3.21. The van der Waals surface area contributed by atoms with Crippen LogP contribution in [0.15, 0.2) is 0 Å². The van der Waals surface area contributed by atoms with E-state index < -0.39 is 0 Å². The molecule has 0 amide bonds. The summed E-state index contributed by atoms with van der Waals surface area (Å²) in [5.41, 5.74) is 0. The van der Waals surface area contributed by atoms with Crippen LogP contribution in [-0.2, 0) is 9.53 Å². The van der Waals surface area contributed by atoms with Gasteiger partial charge >= 0.3 is 0 Å². The second-order valence-corrected chi connectivity index (χ2v) is 2.65. The molecule has 0 spiro atoms. The van der Waals surface area contributed by atoms with Crippen molar-refractivity contribution in [1.82, 2.24) is 0 Å². The van der Waals surface area contributed by atoms with Crippen molar-refractivity contribution in [1.29, 1.82) is 0 Å². The molecule has 1 atom stereocenters. The van der Waals surface area contributed by atoms with Crippen LogP contribution in [-0.4, -0.2) is 19.5 Å². The van der Waals surface area contributed by atoms with Gasteiger partial charge in [0, 0.05) is 19.6 Å². The van der Waals surface area contributed by atoms with Crippen molar-refractivity contribution in [3.63, 3.8) is 0 Å². The summed E-state index contributed by atoms with van der Waals surface area (Å²) < 4.78 is 4.86. The molecule has 0 aliphatic heterocycles. The first-order valence-corrected chi connectivity index (χ1v) is 3.68. The molecular weight excluding hydrogens is 128 g/mol. The first-order valence-electron chi connectivity index (χ1n) is 3.68. The molecule has 0 aromatic heterocycles. The highest BCUT2D eigenvalue weighted by molar-refractivity contribution is 5.77. The zero-order valence-electron chi connectivity index (χ0n) is 7.02. The number of hydrogen-bond acceptors (Lipinski definition) is 2. The number of Topliss-reactive ketones (excluding diaryl/α,β-unsaturated/α-hetero) is 1. The lowest BCUT2D eigenvalue weighted by Gasteiger charge is -2.05. The van der Waals surface area contributed by atoms with Gasteiger partial charge in [0.1, 0.15) is 5.78 Å². The molecule has 10 heavy (non-hydrogen) atoms. The molecule has 1 unspecified atom stereocenters. The minimum atomic E-state index is 0.204. The van der Waals surface area contributed by atoms with Crippen LogP contribution in [0.4, 0.5) is 0 Å². The van der Waals surface area contributed by atoms with Gasteiger partial charge < -0.3 is 4.74 Å². The summed E-state index contributed by atoms with van der Waals surface area (Å²) in [7, 11) is 1.68. The van der Waals surface area contributed by atoms with Crippen LogP contribution in [0.2, 0.25) is 0 Å². The molecule has 0 fully saturated rings. The SMILES string of the molecule is COCCCC(C)C(C)=O. The highest BCUT2D eigenvalue weighted by Gasteiger charge is 2.05. The molecular formula is C8H16O2. The molecule has 0 N–H and O–H groups in total. The number of hydrogen-bond donors (Lipinski definition) is 0. The van der Waals surface area contributed by atoms with E-state index in [4.69, 9.17) is 4.74 Å². The van der Waals surface area contributed by atoms with Crippen LogP contribution in [0.3, 0.4) is 0 Å². The van der Waals surface area contributed by atoms with Gasteiger partial charge in [-0.15, -0.1) is 0 Å². The van der Waals surface area contributed by atoms with E-state index in [9.17, 15) is 4.79 Å². The number of carbonyl (C=O) groups excluding carboxylic acids is 1. The fourth-order valence-corrected chi connectivity index (χ4v) is 0.737. The molecule has 2 nitrogen and oxygen atoms in total. The van der Waals surface area contributed by atoms with E-state index >= 15 is 0 Å². The van der Waals surface area contributed by atoms with E-state index in [-0.39, 0.29) is 11.7 Å². The van der Waals surface area contributed by atoms with E-state index in [1.165, 1.54) is 0 Å². The molecule has 0 bridgehead atoms. The lowest BCUT2D eigenvalue weighted by Crippen LogP contribution is -2.06. The maximum atomic E-state index is 10.7. The van der Waals surface area contributed by atoms with E-state index in [1.54, 1.807) is 14.0 Å². The third-order valence-electron chi connectivity index (χ3n) is 1.68. The third kappa shape index (κ3) is 4.50. The van der Waals surface area contributed by atoms with Crippen molar-refractivity contribution in [2.45, 2.75) is 26.7 Å². The summed E-state index contributed by atoms with van der Waals surface area (Å²) in [5, 5.41) is 0. The predicted molar refractivity (Wildman–Crippen MR) is 41.0 cm³/mol. The van der Waals surface area contributed by atoms with E-state index in [0.29, 0.717) is 0 Å². The normalized spacial score (nSPS) is 13.1. The number of rotatable bonds is 5. The molecule has 60 valence electrons. The van der Waals surface area contributed by atoms with Gasteiger partial charge in [-0.3, -0.25) is 4.79 Å². The monoisotopic (exact) mass is 144 g/mol. The van der Waals surface area contributed by atoms with Gasteiger partial charge in [-0.25, -0.2) is 0 Å². The number of ketones is 1. The van der Waals surface area contributed by atoms with Gasteiger partial charge in [-0.2, -0.15) is 0 Å². The summed E-state index contributed by atoms with van der Waals surface area (Å²) in [6.07, 6.45) is 1.93. The molecule has 0 radical (unpaired) electrons. The van der Waals surface area contributed by atoms with Crippen molar-refractivity contribution < 1.29 is 9.53 Å². The fraction of sp³-hybridized carbons (Fsp3) is 0.875. The molecule has 0 heterocycles. The molecule has 0 aromatic rings. The van der Waals surface area contributed by atoms with Crippen LogP contribution in [0.25, 0.3) is 0 Å². The van der Waals surface area contributed by atoms with E-state index in [0.717, 1.165) is 19.4 Å². The second kappa shape index (κ2) is 5.42. The number of carbonyl (C=O) groups is 1. The number of methoxy groups -OCH3 is 1. The largest absolute Gasteiger partial charge is 0.385 e. The van der Waals surface area contributed by atoms with Crippen LogP contribution in [0, 0.1) is 5.92 Å². The minimum Gasteiger partial charge on any atom is -0.385 e. The van der Waals surface area contributed by atoms with Crippen molar-refractivity contribution in [2.24, 2.45) is 5.92 Å². The quantitative estimate of drug-likeness (QED) is 0.548. The Morgan fingerprint density at radius 2 is 2.20 bits per heavy atom. The molecule has 0 aliphatic carbocycles. The van der Waals surface area contributed by atoms with Crippen molar-refractivity contribution in [3.8, 4) is 0 Å². The molecule has 0 saturated carbocycles. The van der Waals surface area contributed by atoms with Gasteiger partial charge in [-0.1, -0.05) is 6.92 Å². The minimum absolute atomic E-state index is 0.204. The maximum Gasteiger partial charge on any atom is 0.132 e. The summed E-state index contributed by atoms with van der Waals surface area (Å²) >= 11 is 0. The van der Waals surface area contributed by atoms with Gasteiger partial charge in [0.15, 0.2) is 0 Å². The zero-order chi connectivity index (χ0) is 7.98. The van der Waals surface area contributed by atoms with E-state index in [2.05, 4.69) is 0 Å². The molecule has 2 heteroatoms. The molecule has 0 saturated heterocycles. The zero-order valence-corrected chi connectivity index (χ0v) is 7.02. The first kappa shape index (κ1) is 9.63. The maximum absolute atomic E-state index is 10.7. The third-order valence-corrected chi connectivity index (χ3v) is 1.68. The topological polar surface area (TPSA) is 26.3 Å². The van der Waals surface area contributed by atoms with E-state index in [1.807, 2.05) is 6.92 Å². The van der Waals surface area contributed by atoms with Gasteiger partial charge in [0.2, 0.25) is 0 Å². The Morgan fingerprint density at radius 3 is 2.60 bits per heavy atom. The Labute approximate surface area is 62.6 Å². The summed E-state index contributed by atoms with van der Waals surface area (Å²) in [4.78, 5) is 10.7. The van der Waals surface area contributed by atoms with Crippen molar-refractivity contribution >= 4 is 5.78 Å². The second-order valence-electron chi connectivity index (χ2n) is 2.65. The highest BCUT2D eigenvalue weighted by atomic mass is 16.5.